The van der Waals surface area contributed by atoms with Crippen molar-refractivity contribution < 1.29 is 18.7 Å². The van der Waals surface area contributed by atoms with Gasteiger partial charge >= 0.3 is 0 Å². The van der Waals surface area contributed by atoms with Gasteiger partial charge in [-0.1, -0.05) is 11.6 Å². The number of carbonyl (C=O) groups is 2. The number of nitrogens with zero attached hydrogens (tertiary/aromatic N) is 2. The molecule has 0 saturated carbocycles. The Kier molecular flexibility index (Phi) is 7.65. The molecule has 1 heterocycles. The molecule has 0 atom stereocenters. The maximum Gasteiger partial charge on any atom is 0.253 e. The number of amides is 2. The molecular formula is C22H25ClFN3O3. The van der Waals surface area contributed by atoms with Crippen molar-refractivity contribution in [2.45, 2.75) is 13.0 Å². The first-order valence-electron chi connectivity index (χ1n) is 9.82. The quantitative estimate of drug-likeness (QED) is 0.760. The van der Waals surface area contributed by atoms with Crippen molar-refractivity contribution in [3.05, 3.63) is 64.4 Å². The molecule has 0 unspecified atom stereocenters. The van der Waals surface area contributed by atoms with Crippen molar-refractivity contribution in [1.29, 1.82) is 0 Å². The largest absolute Gasteiger partial charge is 0.496 e. The minimum atomic E-state index is -0.366. The number of methoxy groups -OCH3 is 1. The molecule has 1 saturated heterocycles. The van der Waals surface area contributed by atoms with E-state index in [0.29, 0.717) is 42.5 Å². The minimum Gasteiger partial charge on any atom is -0.496 e. The zero-order chi connectivity index (χ0) is 21.5. The number of halogens is 2. The van der Waals surface area contributed by atoms with Gasteiger partial charge in [-0.15, -0.1) is 0 Å². The van der Waals surface area contributed by atoms with E-state index in [1.54, 1.807) is 30.2 Å². The van der Waals surface area contributed by atoms with E-state index in [0.717, 1.165) is 18.5 Å². The molecule has 1 aliphatic rings. The van der Waals surface area contributed by atoms with Crippen LogP contribution >= 0.6 is 11.6 Å². The lowest BCUT2D eigenvalue weighted by molar-refractivity contribution is -0.122. The van der Waals surface area contributed by atoms with Gasteiger partial charge in [-0.2, -0.15) is 0 Å². The van der Waals surface area contributed by atoms with Crippen molar-refractivity contribution in [3.63, 3.8) is 0 Å². The summed E-state index contributed by atoms with van der Waals surface area (Å²) in [5.41, 5.74) is 1.28. The summed E-state index contributed by atoms with van der Waals surface area (Å²) < 4.78 is 18.4. The third-order valence-electron chi connectivity index (χ3n) is 5.05. The molecule has 1 fully saturated rings. The van der Waals surface area contributed by atoms with Crippen molar-refractivity contribution in [1.82, 2.24) is 15.1 Å². The average molecular weight is 434 g/mol. The summed E-state index contributed by atoms with van der Waals surface area (Å²) in [5, 5.41) is 3.48. The van der Waals surface area contributed by atoms with Crippen LogP contribution in [-0.2, 0) is 11.3 Å². The van der Waals surface area contributed by atoms with Gasteiger partial charge in [-0.3, -0.25) is 14.5 Å². The predicted molar refractivity (Wildman–Crippen MR) is 113 cm³/mol. The summed E-state index contributed by atoms with van der Waals surface area (Å²) in [4.78, 5) is 28.8. The van der Waals surface area contributed by atoms with Crippen LogP contribution in [0, 0.1) is 5.82 Å². The van der Waals surface area contributed by atoms with E-state index in [-0.39, 0.29) is 24.2 Å². The fourth-order valence-corrected chi connectivity index (χ4v) is 3.64. The standard InChI is InChI=1S/C22H25ClFN3O3/c1-30-20-8-5-18(23)13-17(20)14-25-21(28)15-26-9-2-10-27(12-11-26)22(29)16-3-6-19(24)7-4-16/h3-8,13H,2,9-12,14-15H2,1H3,(H,25,28). The molecule has 2 amide bonds. The van der Waals surface area contributed by atoms with Gasteiger partial charge in [0.25, 0.3) is 5.91 Å². The third kappa shape index (κ3) is 5.93. The molecule has 30 heavy (non-hydrogen) atoms. The maximum atomic E-state index is 13.1. The molecule has 3 rings (SSSR count). The Morgan fingerprint density at radius 2 is 1.87 bits per heavy atom. The van der Waals surface area contributed by atoms with Crippen LogP contribution in [-0.4, -0.2) is 61.4 Å². The van der Waals surface area contributed by atoms with Crippen LogP contribution in [0.2, 0.25) is 5.02 Å². The third-order valence-corrected chi connectivity index (χ3v) is 5.29. The molecule has 2 aromatic rings. The Labute approximate surface area is 180 Å². The fraction of sp³-hybridized carbons (Fsp3) is 0.364. The van der Waals surface area contributed by atoms with Gasteiger partial charge in [-0.25, -0.2) is 4.39 Å². The monoisotopic (exact) mass is 433 g/mol. The zero-order valence-electron chi connectivity index (χ0n) is 16.9. The van der Waals surface area contributed by atoms with E-state index >= 15 is 0 Å². The molecule has 0 spiro atoms. The van der Waals surface area contributed by atoms with Gasteiger partial charge in [0, 0.05) is 48.9 Å². The number of benzene rings is 2. The average Bonchev–Trinajstić information content (AvgIpc) is 2.98. The van der Waals surface area contributed by atoms with E-state index < -0.39 is 0 Å². The van der Waals surface area contributed by atoms with E-state index in [2.05, 4.69) is 5.32 Å². The normalized spacial score (nSPS) is 14.8. The topological polar surface area (TPSA) is 61.9 Å². The maximum absolute atomic E-state index is 13.1. The second kappa shape index (κ2) is 10.4. The lowest BCUT2D eigenvalue weighted by Gasteiger charge is -2.22. The van der Waals surface area contributed by atoms with Gasteiger partial charge < -0.3 is 15.0 Å². The van der Waals surface area contributed by atoms with Gasteiger partial charge in [0.15, 0.2) is 0 Å². The van der Waals surface area contributed by atoms with Gasteiger partial charge in [-0.05, 0) is 48.9 Å². The molecule has 0 radical (unpaired) electrons. The molecule has 1 aliphatic heterocycles. The Morgan fingerprint density at radius 1 is 1.10 bits per heavy atom. The van der Waals surface area contributed by atoms with Gasteiger partial charge in [0.2, 0.25) is 5.91 Å². The van der Waals surface area contributed by atoms with Gasteiger partial charge in [0.05, 0.1) is 13.7 Å². The smallest absolute Gasteiger partial charge is 0.253 e. The summed E-state index contributed by atoms with van der Waals surface area (Å²) in [6.07, 6.45) is 0.766. The van der Waals surface area contributed by atoms with Gasteiger partial charge in [0.1, 0.15) is 11.6 Å². The molecule has 6 nitrogen and oxygen atoms in total. The van der Waals surface area contributed by atoms with Crippen molar-refractivity contribution in [3.8, 4) is 5.75 Å². The second-order valence-electron chi connectivity index (χ2n) is 7.16. The number of ether oxygens (including phenoxy) is 1. The summed E-state index contributed by atoms with van der Waals surface area (Å²) in [6, 6.07) is 10.8. The number of carbonyl (C=O) groups excluding carboxylic acids is 2. The highest BCUT2D eigenvalue weighted by Gasteiger charge is 2.21. The molecule has 1 N–H and O–H groups in total. The molecular weight excluding hydrogens is 409 g/mol. The second-order valence-corrected chi connectivity index (χ2v) is 7.60. The highest BCUT2D eigenvalue weighted by molar-refractivity contribution is 6.30. The Bertz CT molecular complexity index is 892. The van der Waals surface area contributed by atoms with E-state index in [1.165, 1.54) is 24.3 Å². The minimum absolute atomic E-state index is 0.102. The van der Waals surface area contributed by atoms with E-state index in [1.807, 2.05) is 4.90 Å². The van der Waals surface area contributed by atoms with Crippen LogP contribution in [0.1, 0.15) is 22.3 Å². The van der Waals surface area contributed by atoms with Crippen LogP contribution in [0.5, 0.6) is 5.75 Å². The van der Waals surface area contributed by atoms with Crippen LogP contribution in [0.15, 0.2) is 42.5 Å². The van der Waals surface area contributed by atoms with E-state index in [9.17, 15) is 14.0 Å². The molecule has 0 bridgehead atoms. The van der Waals surface area contributed by atoms with Crippen molar-refractivity contribution in [2.75, 3.05) is 39.8 Å². The molecule has 0 aliphatic carbocycles. The summed E-state index contributed by atoms with van der Waals surface area (Å²) in [5.74, 6) is 0.0871. The van der Waals surface area contributed by atoms with Crippen molar-refractivity contribution >= 4 is 23.4 Å². The molecule has 0 aromatic heterocycles. The lowest BCUT2D eigenvalue weighted by Crippen LogP contribution is -2.40. The van der Waals surface area contributed by atoms with Crippen LogP contribution in [0.4, 0.5) is 4.39 Å². The van der Waals surface area contributed by atoms with Crippen LogP contribution in [0.25, 0.3) is 0 Å². The highest BCUT2D eigenvalue weighted by Crippen LogP contribution is 2.22. The van der Waals surface area contributed by atoms with E-state index in [4.69, 9.17) is 16.3 Å². The number of nitrogens with one attached hydrogen (secondary N) is 1. The first-order valence-corrected chi connectivity index (χ1v) is 10.2. The lowest BCUT2D eigenvalue weighted by atomic mass is 10.2. The first-order chi connectivity index (χ1) is 14.5. The summed E-state index contributed by atoms with van der Waals surface area (Å²) >= 11 is 6.03. The summed E-state index contributed by atoms with van der Waals surface area (Å²) in [7, 11) is 1.57. The van der Waals surface area contributed by atoms with Crippen LogP contribution in [0.3, 0.4) is 0 Å². The highest BCUT2D eigenvalue weighted by atomic mass is 35.5. The Hall–Kier alpha value is -2.64. The van der Waals surface area contributed by atoms with Crippen LogP contribution < -0.4 is 10.1 Å². The first kappa shape index (κ1) is 22.1. The molecule has 2 aromatic carbocycles. The number of rotatable bonds is 6. The molecule has 160 valence electrons. The number of hydrogen-bond acceptors (Lipinski definition) is 4. The summed E-state index contributed by atoms with van der Waals surface area (Å²) in [6.45, 7) is 3.02. The molecule has 8 heteroatoms. The Morgan fingerprint density at radius 3 is 2.60 bits per heavy atom. The SMILES string of the molecule is COc1ccc(Cl)cc1CNC(=O)CN1CCCN(C(=O)c2ccc(F)cc2)CC1. The predicted octanol–water partition coefficient (Wildman–Crippen LogP) is 2.95. The fourth-order valence-electron chi connectivity index (χ4n) is 3.45. The number of hydrogen-bond donors (Lipinski definition) is 1. The van der Waals surface area contributed by atoms with Crippen molar-refractivity contribution in [2.24, 2.45) is 0 Å². The Balaban J connectivity index is 1.50. The zero-order valence-corrected chi connectivity index (χ0v) is 17.6.